The molecule has 0 bridgehead atoms. The number of hydrogen-bond acceptors (Lipinski definition) is 2. The van der Waals surface area contributed by atoms with E-state index in [1.54, 1.807) is 0 Å². The molecule has 2 rings (SSSR count). The number of benzene rings is 1. The molecule has 1 amide bonds. The molecule has 1 aliphatic carbocycles. The zero-order valence-corrected chi connectivity index (χ0v) is 13.0. The fourth-order valence-corrected chi connectivity index (χ4v) is 3.24. The van der Waals surface area contributed by atoms with Crippen LogP contribution >= 0.6 is 0 Å². The normalized spacial score (nSPS) is 26.1. The molecule has 1 saturated carbocycles. The van der Waals surface area contributed by atoms with E-state index in [9.17, 15) is 4.79 Å². The summed E-state index contributed by atoms with van der Waals surface area (Å²) in [5.74, 6) is 1.41. The molecule has 1 aliphatic rings. The molecule has 0 spiro atoms. The van der Waals surface area contributed by atoms with Gasteiger partial charge < -0.3 is 10.6 Å². The SMILES string of the molecule is CC(=O)Nc1ccc(NC2C(C)CCCC2C)cc1C. The van der Waals surface area contributed by atoms with Gasteiger partial charge in [-0.05, 0) is 55.4 Å². The van der Waals surface area contributed by atoms with Crippen LogP contribution in [0.3, 0.4) is 0 Å². The summed E-state index contributed by atoms with van der Waals surface area (Å²) >= 11 is 0. The number of carbonyl (C=O) groups excluding carboxylic acids is 1. The van der Waals surface area contributed by atoms with Crippen molar-refractivity contribution in [3.63, 3.8) is 0 Å². The van der Waals surface area contributed by atoms with Crippen molar-refractivity contribution < 1.29 is 4.79 Å². The topological polar surface area (TPSA) is 41.1 Å². The maximum atomic E-state index is 11.1. The molecule has 2 unspecified atom stereocenters. The average molecular weight is 274 g/mol. The Morgan fingerprint density at radius 3 is 2.40 bits per heavy atom. The molecule has 0 saturated heterocycles. The van der Waals surface area contributed by atoms with Gasteiger partial charge >= 0.3 is 0 Å². The van der Waals surface area contributed by atoms with E-state index in [4.69, 9.17) is 0 Å². The van der Waals surface area contributed by atoms with Crippen LogP contribution in [-0.2, 0) is 4.79 Å². The van der Waals surface area contributed by atoms with Gasteiger partial charge in [0.15, 0.2) is 0 Å². The molecule has 3 nitrogen and oxygen atoms in total. The predicted molar refractivity (Wildman–Crippen MR) is 85.1 cm³/mol. The van der Waals surface area contributed by atoms with Crippen molar-refractivity contribution in [1.82, 2.24) is 0 Å². The first-order valence-corrected chi connectivity index (χ1v) is 7.62. The second-order valence-electron chi connectivity index (χ2n) is 6.27. The monoisotopic (exact) mass is 274 g/mol. The Bertz CT molecular complexity index is 474. The lowest BCUT2D eigenvalue weighted by Gasteiger charge is -2.36. The van der Waals surface area contributed by atoms with Gasteiger partial charge in [-0.2, -0.15) is 0 Å². The van der Waals surface area contributed by atoms with E-state index in [2.05, 4.69) is 36.6 Å². The number of carbonyl (C=O) groups is 1. The van der Waals surface area contributed by atoms with Crippen LogP contribution in [0, 0.1) is 18.8 Å². The molecule has 3 heteroatoms. The van der Waals surface area contributed by atoms with Gasteiger partial charge in [-0.15, -0.1) is 0 Å². The highest BCUT2D eigenvalue weighted by molar-refractivity contribution is 5.89. The quantitative estimate of drug-likeness (QED) is 0.867. The third-order valence-electron chi connectivity index (χ3n) is 4.42. The Labute approximate surface area is 122 Å². The van der Waals surface area contributed by atoms with Crippen molar-refractivity contribution in [2.24, 2.45) is 11.8 Å². The predicted octanol–water partition coefficient (Wildman–Crippen LogP) is 4.19. The summed E-state index contributed by atoms with van der Waals surface area (Å²) in [5.41, 5.74) is 3.15. The van der Waals surface area contributed by atoms with Gasteiger partial charge in [0.1, 0.15) is 0 Å². The van der Waals surface area contributed by atoms with Gasteiger partial charge in [0.2, 0.25) is 5.91 Å². The van der Waals surface area contributed by atoms with Crippen LogP contribution in [0.4, 0.5) is 11.4 Å². The smallest absolute Gasteiger partial charge is 0.221 e. The van der Waals surface area contributed by atoms with E-state index in [1.165, 1.54) is 26.2 Å². The molecule has 0 aliphatic heterocycles. The van der Waals surface area contributed by atoms with Gasteiger partial charge in [0.25, 0.3) is 0 Å². The van der Waals surface area contributed by atoms with Crippen molar-refractivity contribution in [1.29, 1.82) is 0 Å². The summed E-state index contributed by atoms with van der Waals surface area (Å²) in [6.45, 7) is 8.25. The van der Waals surface area contributed by atoms with E-state index >= 15 is 0 Å². The van der Waals surface area contributed by atoms with E-state index < -0.39 is 0 Å². The van der Waals surface area contributed by atoms with Crippen LogP contribution in [0.2, 0.25) is 0 Å². The van der Waals surface area contributed by atoms with Crippen molar-refractivity contribution in [2.45, 2.75) is 53.0 Å². The van der Waals surface area contributed by atoms with Crippen molar-refractivity contribution in [3.8, 4) is 0 Å². The first-order valence-electron chi connectivity index (χ1n) is 7.62. The van der Waals surface area contributed by atoms with Gasteiger partial charge in [-0.25, -0.2) is 0 Å². The number of amides is 1. The summed E-state index contributed by atoms with van der Waals surface area (Å²) in [7, 11) is 0. The summed E-state index contributed by atoms with van der Waals surface area (Å²) in [6.07, 6.45) is 3.97. The second kappa shape index (κ2) is 6.29. The molecule has 0 radical (unpaired) electrons. The molecular formula is C17H26N2O. The zero-order valence-electron chi connectivity index (χ0n) is 13.0. The molecule has 0 heterocycles. The van der Waals surface area contributed by atoms with E-state index in [0.29, 0.717) is 17.9 Å². The van der Waals surface area contributed by atoms with Gasteiger partial charge in [-0.1, -0.05) is 20.3 Å². The summed E-state index contributed by atoms with van der Waals surface area (Å²) in [4.78, 5) is 11.1. The Morgan fingerprint density at radius 1 is 1.20 bits per heavy atom. The third-order valence-corrected chi connectivity index (χ3v) is 4.42. The Balaban J connectivity index is 2.09. The van der Waals surface area contributed by atoms with Crippen molar-refractivity contribution in [3.05, 3.63) is 23.8 Å². The number of anilines is 2. The minimum Gasteiger partial charge on any atom is -0.382 e. The molecular weight excluding hydrogens is 248 g/mol. The second-order valence-corrected chi connectivity index (χ2v) is 6.27. The van der Waals surface area contributed by atoms with Crippen LogP contribution in [0.15, 0.2) is 18.2 Å². The Hall–Kier alpha value is -1.51. The number of rotatable bonds is 3. The first-order chi connectivity index (χ1) is 9.47. The third kappa shape index (κ3) is 3.53. The number of nitrogens with one attached hydrogen (secondary N) is 2. The Morgan fingerprint density at radius 2 is 1.85 bits per heavy atom. The minimum atomic E-state index is -0.0247. The molecule has 110 valence electrons. The van der Waals surface area contributed by atoms with Gasteiger partial charge in [0, 0.05) is 24.3 Å². The number of aryl methyl sites for hydroxylation is 1. The highest BCUT2D eigenvalue weighted by Gasteiger charge is 2.27. The van der Waals surface area contributed by atoms with Crippen LogP contribution in [0.25, 0.3) is 0 Å². The summed E-state index contributed by atoms with van der Waals surface area (Å²) in [6, 6.07) is 6.72. The lowest BCUT2D eigenvalue weighted by Crippen LogP contribution is -2.37. The van der Waals surface area contributed by atoms with Crippen LogP contribution in [-0.4, -0.2) is 11.9 Å². The lowest BCUT2D eigenvalue weighted by molar-refractivity contribution is -0.114. The van der Waals surface area contributed by atoms with Crippen LogP contribution in [0.5, 0.6) is 0 Å². The maximum absolute atomic E-state index is 11.1. The zero-order chi connectivity index (χ0) is 14.7. The lowest BCUT2D eigenvalue weighted by atomic mass is 9.78. The van der Waals surface area contributed by atoms with E-state index in [0.717, 1.165) is 16.9 Å². The Kier molecular flexibility index (Phi) is 4.69. The molecule has 2 N–H and O–H groups in total. The van der Waals surface area contributed by atoms with Crippen LogP contribution < -0.4 is 10.6 Å². The van der Waals surface area contributed by atoms with Crippen molar-refractivity contribution >= 4 is 17.3 Å². The number of hydrogen-bond donors (Lipinski definition) is 2. The average Bonchev–Trinajstić information content (AvgIpc) is 2.37. The molecule has 20 heavy (non-hydrogen) atoms. The summed E-state index contributed by atoms with van der Waals surface area (Å²) < 4.78 is 0. The van der Waals surface area contributed by atoms with Crippen molar-refractivity contribution in [2.75, 3.05) is 10.6 Å². The van der Waals surface area contributed by atoms with Gasteiger partial charge in [-0.3, -0.25) is 4.79 Å². The minimum absolute atomic E-state index is 0.0247. The van der Waals surface area contributed by atoms with Gasteiger partial charge in [0.05, 0.1) is 0 Å². The molecule has 2 atom stereocenters. The fraction of sp³-hybridized carbons (Fsp3) is 0.588. The molecule has 0 aromatic heterocycles. The standard InChI is InChI=1S/C17H26N2O/c1-11-6-5-7-12(2)17(11)19-15-8-9-16(13(3)10-15)18-14(4)20/h8-12,17,19H,5-7H2,1-4H3,(H,18,20). The van der Waals surface area contributed by atoms with E-state index in [-0.39, 0.29) is 5.91 Å². The van der Waals surface area contributed by atoms with Crippen LogP contribution in [0.1, 0.15) is 45.6 Å². The summed E-state index contributed by atoms with van der Waals surface area (Å²) in [5, 5.41) is 6.54. The molecule has 1 aromatic carbocycles. The highest BCUT2D eigenvalue weighted by Crippen LogP contribution is 2.32. The molecule has 1 fully saturated rings. The largest absolute Gasteiger partial charge is 0.382 e. The fourth-order valence-electron chi connectivity index (χ4n) is 3.24. The first kappa shape index (κ1) is 14.9. The highest BCUT2D eigenvalue weighted by atomic mass is 16.1. The maximum Gasteiger partial charge on any atom is 0.221 e. The molecule has 1 aromatic rings. The van der Waals surface area contributed by atoms with E-state index in [1.807, 2.05) is 13.0 Å².